The molecule has 0 unspecified atom stereocenters. The van der Waals surface area contributed by atoms with Crippen LogP contribution in [-0.4, -0.2) is 19.8 Å². The van der Waals surface area contributed by atoms with Crippen LogP contribution in [-0.2, 0) is 16.5 Å². The normalized spacial score (nSPS) is 11.7. The maximum absolute atomic E-state index is 11.1. The fourth-order valence-corrected chi connectivity index (χ4v) is 2.70. The van der Waals surface area contributed by atoms with Gasteiger partial charge in [0.25, 0.3) is 0 Å². The maximum Gasteiger partial charge on any atom is 0.306 e. The molecule has 7 heteroatoms. The highest BCUT2D eigenvalue weighted by molar-refractivity contribution is 7.86. The van der Waals surface area contributed by atoms with E-state index in [4.69, 9.17) is 20.3 Å². The number of halogens is 1. The van der Waals surface area contributed by atoms with Crippen molar-refractivity contribution in [1.82, 2.24) is 5.16 Å². The number of nitrogens with zero attached hydrogens (tertiary/aromatic N) is 1. The van der Waals surface area contributed by atoms with Crippen LogP contribution in [0.2, 0.25) is 5.02 Å². The SMILES string of the molecule is CS(=O)(=O)Oc1ccc2c(Cc3ccc(Cl)cc3)noc2c1. The van der Waals surface area contributed by atoms with Gasteiger partial charge < -0.3 is 8.71 Å². The highest BCUT2D eigenvalue weighted by atomic mass is 35.5. The molecule has 0 fully saturated rings. The van der Waals surface area contributed by atoms with Crippen LogP contribution in [0.15, 0.2) is 47.0 Å². The molecule has 3 aromatic rings. The van der Waals surface area contributed by atoms with Crippen molar-refractivity contribution in [3.8, 4) is 5.75 Å². The molecule has 0 N–H and O–H groups in total. The molecule has 0 aliphatic carbocycles. The summed E-state index contributed by atoms with van der Waals surface area (Å²) in [6.07, 6.45) is 1.58. The van der Waals surface area contributed by atoms with E-state index in [1.54, 1.807) is 12.1 Å². The van der Waals surface area contributed by atoms with E-state index in [0.29, 0.717) is 17.0 Å². The summed E-state index contributed by atoms with van der Waals surface area (Å²) in [5, 5.41) is 5.53. The molecular weight excluding hydrogens is 326 g/mol. The average Bonchev–Trinajstić information content (AvgIpc) is 2.82. The summed E-state index contributed by atoms with van der Waals surface area (Å²) in [5.41, 5.74) is 2.30. The first-order chi connectivity index (χ1) is 10.4. The molecule has 0 spiro atoms. The quantitative estimate of drug-likeness (QED) is 0.682. The predicted molar refractivity (Wildman–Crippen MR) is 83.7 cm³/mol. The standard InChI is InChI=1S/C15H12ClNO4S/c1-22(18,19)21-12-6-7-13-14(17-20-15(13)9-12)8-10-2-4-11(16)5-3-10/h2-7,9H,8H2,1H3. The third-order valence-corrected chi connectivity index (χ3v) is 3.80. The molecule has 114 valence electrons. The van der Waals surface area contributed by atoms with Gasteiger partial charge in [0, 0.05) is 22.9 Å². The lowest BCUT2D eigenvalue weighted by Crippen LogP contribution is -2.05. The van der Waals surface area contributed by atoms with Gasteiger partial charge in [-0.15, -0.1) is 0 Å². The molecule has 0 saturated carbocycles. The lowest BCUT2D eigenvalue weighted by atomic mass is 10.1. The van der Waals surface area contributed by atoms with Crippen molar-refractivity contribution >= 4 is 32.7 Å². The van der Waals surface area contributed by atoms with Crippen molar-refractivity contribution < 1.29 is 17.1 Å². The molecule has 1 aromatic heterocycles. The zero-order chi connectivity index (χ0) is 15.7. The first kappa shape index (κ1) is 14.9. The molecule has 22 heavy (non-hydrogen) atoms. The summed E-state index contributed by atoms with van der Waals surface area (Å²) in [4.78, 5) is 0. The minimum Gasteiger partial charge on any atom is -0.382 e. The van der Waals surface area contributed by atoms with E-state index in [1.165, 1.54) is 6.07 Å². The van der Waals surface area contributed by atoms with Crippen molar-refractivity contribution in [1.29, 1.82) is 0 Å². The third-order valence-electron chi connectivity index (χ3n) is 3.05. The number of fused-ring (bicyclic) bond motifs is 1. The average molecular weight is 338 g/mol. The summed E-state index contributed by atoms with van der Waals surface area (Å²) in [6.45, 7) is 0. The Bertz CT molecular complexity index is 916. The number of benzene rings is 2. The summed E-state index contributed by atoms with van der Waals surface area (Å²) in [6, 6.07) is 12.3. The minimum atomic E-state index is -3.57. The fourth-order valence-electron chi connectivity index (χ4n) is 2.12. The Balaban J connectivity index is 1.90. The van der Waals surface area contributed by atoms with E-state index in [1.807, 2.05) is 24.3 Å². The van der Waals surface area contributed by atoms with Crippen molar-refractivity contribution in [3.05, 3.63) is 58.7 Å². The molecule has 0 aliphatic heterocycles. The van der Waals surface area contributed by atoms with Crippen molar-refractivity contribution in [2.75, 3.05) is 6.26 Å². The van der Waals surface area contributed by atoms with Crippen molar-refractivity contribution in [2.24, 2.45) is 0 Å². The van der Waals surface area contributed by atoms with Gasteiger partial charge in [0.15, 0.2) is 5.58 Å². The van der Waals surface area contributed by atoms with E-state index >= 15 is 0 Å². The summed E-state index contributed by atoms with van der Waals surface area (Å²) in [7, 11) is -3.57. The molecule has 3 rings (SSSR count). The highest BCUT2D eigenvalue weighted by Crippen LogP contribution is 2.26. The first-order valence-corrected chi connectivity index (χ1v) is 8.62. The van der Waals surface area contributed by atoms with E-state index in [9.17, 15) is 8.42 Å². The minimum absolute atomic E-state index is 0.198. The lowest BCUT2D eigenvalue weighted by molar-refractivity contribution is 0.446. The van der Waals surface area contributed by atoms with Crippen LogP contribution in [0.5, 0.6) is 5.75 Å². The van der Waals surface area contributed by atoms with Gasteiger partial charge in [-0.05, 0) is 29.8 Å². The largest absolute Gasteiger partial charge is 0.382 e. The first-order valence-electron chi connectivity index (χ1n) is 6.43. The van der Waals surface area contributed by atoms with Crippen molar-refractivity contribution in [3.63, 3.8) is 0 Å². The number of aromatic nitrogens is 1. The molecule has 2 aromatic carbocycles. The molecule has 5 nitrogen and oxygen atoms in total. The van der Waals surface area contributed by atoms with Crippen LogP contribution in [0.1, 0.15) is 11.3 Å². The summed E-state index contributed by atoms with van der Waals surface area (Å²) in [5.74, 6) is 0.198. The Morgan fingerprint density at radius 1 is 1.18 bits per heavy atom. The number of hydrogen-bond donors (Lipinski definition) is 0. The molecule has 0 atom stereocenters. The predicted octanol–water partition coefficient (Wildman–Crippen LogP) is 3.41. The number of rotatable bonds is 4. The van der Waals surface area contributed by atoms with Crippen LogP contribution < -0.4 is 4.18 Å². The lowest BCUT2D eigenvalue weighted by Gasteiger charge is -2.02. The second-order valence-electron chi connectivity index (χ2n) is 4.88. The van der Waals surface area contributed by atoms with Gasteiger partial charge in [0.2, 0.25) is 0 Å². The summed E-state index contributed by atoms with van der Waals surface area (Å²) < 4.78 is 32.3. The smallest absolute Gasteiger partial charge is 0.306 e. The second kappa shape index (κ2) is 5.62. The third kappa shape index (κ3) is 3.40. The van der Waals surface area contributed by atoms with Gasteiger partial charge in [0.1, 0.15) is 5.75 Å². The highest BCUT2D eigenvalue weighted by Gasteiger charge is 2.12. The molecule has 0 amide bonds. The fraction of sp³-hybridized carbons (Fsp3) is 0.133. The van der Waals surface area contributed by atoms with Gasteiger partial charge in [0.05, 0.1) is 11.9 Å². The molecule has 0 aliphatic rings. The number of hydrogen-bond acceptors (Lipinski definition) is 5. The molecular formula is C15H12ClNO4S. The van der Waals surface area contributed by atoms with Crippen LogP contribution in [0.4, 0.5) is 0 Å². The van der Waals surface area contributed by atoms with Crippen LogP contribution in [0, 0.1) is 0 Å². The monoisotopic (exact) mass is 337 g/mol. The molecule has 0 bridgehead atoms. The Hall–Kier alpha value is -2.05. The second-order valence-corrected chi connectivity index (χ2v) is 6.89. The van der Waals surface area contributed by atoms with Crippen LogP contribution >= 0.6 is 11.6 Å². The van der Waals surface area contributed by atoms with Crippen molar-refractivity contribution in [2.45, 2.75) is 6.42 Å². The van der Waals surface area contributed by atoms with E-state index in [-0.39, 0.29) is 5.75 Å². The van der Waals surface area contributed by atoms with E-state index in [2.05, 4.69) is 5.16 Å². The zero-order valence-electron chi connectivity index (χ0n) is 11.6. The maximum atomic E-state index is 11.1. The Kier molecular flexibility index (Phi) is 3.80. The van der Waals surface area contributed by atoms with Crippen LogP contribution in [0.25, 0.3) is 11.0 Å². The van der Waals surface area contributed by atoms with Gasteiger partial charge >= 0.3 is 10.1 Å². The topological polar surface area (TPSA) is 69.4 Å². The Labute approximate surface area is 132 Å². The van der Waals surface area contributed by atoms with Gasteiger partial charge in [-0.1, -0.05) is 28.9 Å². The van der Waals surface area contributed by atoms with E-state index in [0.717, 1.165) is 22.9 Å². The Morgan fingerprint density at radius 3 is 2.59 bits per heavy atom. The zero-order valence-corrected chi connectivity index (χ0v) is 13.2. The van der Waals surface area contributed by atoms with E-state index < -0.39 is 10.1 Å². The van der Waals surface area contributed by atoms with Crippen LogP contribution in [0.3, 0.4) is 0 Å². The van der Waals surface area contributed by atoms with Gasteiger partial charge in [-0.3, -0.25) is 0 Å². The summed E-state index contributed by atoms with van der Waals surface area (Å²) >= 11 is 5.86. The Morgan fingerprint density at radius 2 is 1.91 bits per heavy atom. The molecule has 0 saturated heterocycles. The molecule has 0 radical (unpaired) electrons. The van der Waals surface area contributed by atoms with Gasteiger partial charge in [-0.25, -0.2) is 0 Å². The molecule has 1 heterocycles. The van der Waals surface area contributed by atoms with Gasteiger partial charge in [-0.2, -0.15) is 8.42 Å².